The van der Waals surface area contributed by atoms with Crippen molar-refractivity contribution in [1.82, 2.24) is 10.6 Å². The van der Waals surface area contributed by atoms with Gasteiger partial charge in [-0.3, -0.25) is 0 Å². The van der Waals surface area contributed by atoms with Crippen LogP contribution in [0, 0.1) is 0 Å². The lowest BCUT2D eigenvalue weighted by molar-refractivity contribution is 0.0689. The van der Waals surface area contributed by atoms with E-state index in [0.29, 0.717) is 29.8 Å². The largest absolute Gasteiger partial charge is 0.382 e. The van der Waals surface area contributed by atoms with Crippen molar-refractivity contribution in [3.63, 3.8) is 0 Å². The Kier molecular flexibility index (Phi) is 15.8. The Morgan fingerprint density at radius 3 is 2.60 bits per heavy atom. The molecule has 0 aromatic heterocycles. The van der Waals surface area contributed by atoms with E-state index in [1.54, 1.807) is 13.2 Å². The SMILES string of the molecule is CCNC(=NCc1ccc(Cl)cc1Cl)NCCCCOCCOC.I. The first-order chi connectivity index (χ1) is 11.7. The second-order valence-electron chi connectivity index (χ2n) is 5.17. The van der Waals surface area contributed by atoms with Crippen molar-refractivity contribution in [2.24, 2.45) is 4.99 Å². The normalized spacial score (nSPS) is 11.1. The summed E-state index contributed by atoms with van der Waals surface area (Å²) in [6.45, 7) is 6.23. The van der Waals surface area contributed by atoms with Gasteiger partial charge in [0.25, 0.3) is 0 Å². The quantitative estimate of drug-likeness (QED) is 0.206. The van der Waals surface area contributed by atoms with Gasteiger partial charge in [-0.1, -0.05) is 29.3 Å². The van der Waals surface area contributed by atoms with Crippen LogP contribution in [0.4, 0.5) is 0 Å². The summed E-state index contributed by atoms with van der Waals surface area (Å²) in [6.07, 6.45) is 2.01. The molecule has 25 heavy (non-hydrogen) atoms. The van der Waals surface area contributed by atoms with E-state index in [1.807, 2.05) is 19.1 Å². The van der Waals surface area contributed by atoms with E-state index < -0.39 is 0 Å². The smallest absolute Gasteiger partial charge is 0.191 e. The molecule has 0 saturated heterocycles. The van der Waals surface area contributed by atoms with Crippen molar-refractivity contribution in [3.05, 3.63) is 33.8 Å². The monoisotopic (exact) mass is 503 g/mol. The fraction of sp³-hybridized carbons (Fsp3) is 0.588. The second-order valence-corrected chi connectivity index (χ2v) is 6.01. The number of hydrogen-bond acceptors (Lipinski definition) is 3. The predicted octanol–water partition coefficient (Wildman–Crippen LogP) is 4.11. The van der Waals surface area contributed by atoms with E-state index in [9.17, 15) is 0 Å². The topological polar surface area (TPSA) is 54.9 Å². The Hall–Kier alpha value is -0.280. The lowest BCUT2D eigenvalue weighted by Gasteiger charge is -2.11. The molecule has 0 aliphatic carbocycles. The number of nitrogens with zero attached hydrogens (tertiary/aromatic N) is 1. The average molecular weight is 504 g/mol. The highest BCUT2D eigenvalue weighted by atomic mass is 127. The highest BCUT2D eigenvalue weighted by Crippen LogP contribution is 2.21. The Morgan fingerprint density at radius 1 is 1.12 bits per heavy atom. The van der Waals surface area contributed by atoms with Crippen LogP contribution in [0.3, 0.4) is 0 Å². The number of nitrogens with one attached hydrogen (secondary N) is 2. The molecule has 0 spiro atoms. The molecule has 0 radical (unpaired) electrons. The molecule has 0 amide bonds. The Labute approximate surface area is 177 Å². The standard InChI is InChI=1S/C17H27Cl2N3O2.HI/c1-3-20-17(21-8-4-5-9-24-11-10-23-2)22-13-14-6-7-15(18)12-16(14)19;/h6-7,12H,3-5,8-11,13H2,1-2H3,(H2,20,21,22);1H. The summed E-state index contributed by atoms with van der Waals surface area (Å²) >= 11 is 12.1. The first kappa shape index (κ1) is 24.7. The number of guanidine groups is 1. The number of hydrogen-bond donors (Lipinski definition) is 2. The maximum absolute atomic E-state index is 6.17. The van der Waals surface area contributed by atoms with Gasteiger partial charge in [-0.15, -0.1) is 24.0 Å². The Bertz CT molecular complexity index is 505. The summed E-state index contributed by atoms with van der Waals surface area (Å²) in [6, 6.07) is 5.45. The summed E-state index contributed by atoms with van der Waals surface area (Å²) < 4.78 is 10.4. The maximum Gasteiger partial charge on any atom is 0.191 e. The molecule has 0 atom stereocenters. The van der Waals surface area contributed by atoms with Gasteiger partial charge in [0.05, 0.1) is 19.8 Å². The van der Waals surface area contributed by atoms with Crippen LogP contribution in [-0.4, -0.2) is 46.0 Å². The van der Waals surface area contributed by atoms with Gasteiger partial charge in [0.1, 0.15) is 0 Å². The Morgan fingerprint density at radius 2 is 1.92 bits per heavy atom. The summed E-state index contributed by atoms with van der Waals surface area (Å²) in [5.41, 5.74) is 0.949. The molecule has 0 fully saturated rings. The molecule has 0 aliphatic heterocycles. The van der Waals surface area contributed by atoms with Crippen LogP contribution in [0.1, 0.15) is 25.3 Å². The fourth-order valence-electron chi connectivity index (χ4n) is 1.94. The minimum absolute atomic E-state index is 0. The number of halogens is 3. The van der Waals surface area contributed by atoms with Crippen molar-refractivity contribution in [2.45, 2.75) is 26.3 Å². The molecule has 5 nitrogen and oxygen atoms in total. The van der Waals surface area contributed by atoms with Crippen molar-refractivity contribution >= 4 is 53.1 Å². The van der Waals surface area contributed by atoms with Crippen molar-refractivity contribution in [3.8, 4) is 0 Å². The minimum atomic E-state index is 0. The molecule has 1 rings (SSSR count). The fourth-order valence-corrected chi connectivity index (χ4v) is 2.40. The molecule has 0 bridgehead atoms. The molecular formula is C17H28Cl2IN3O2. The van der Waals surface area contributed by atoms with E-state index in [0.717, 1.165) is 44.1 Å². The van der Waals surface area contributed by atoms with Crippen LogP contribution in [0.5, 0.6) is 0 Å². The van der Waals surface area contributed by atoms with Gasteiger partial charge < -0.3 is 20.1 Å². The van der Waals surface area contributed by atoms with Gasteiger partial charge in [-0.2, -0.15) is 0 Å². The molecule has 1 aromatic carbocycles. The maximum atomic E-state index is 6.17. The number of unbranched alkanes of at least 4 members (excludes halogenated alkanes) is 1. The first-order valence-corrected chi connectivity index (χ1v) is 8.95. The van der Waals surface area contributed by atoms with Gasteiger partial charge in [-0.05, 0) is 37.5 Å². The number of aliphatic imine (C=N–C) groups is 1. The van der Waals surface area contributed by atoms with Crippen LogP contribution < -0.4 is 10.6 Å². The zero-order chi connectivity index (χ0) is 17.6. The molecule has 2 N–H and O–H groups in total. The molecule has 0 saturated carbocycles. The molecule has 0 heterocycles. The van der Waals surface area contributed by atoms with E-state index >= 15 is 0 Å². The van der Waals surface area contributed by atoms with Crippen molar-refractivity contribution in [2.75, 3.05) is 40.0 Å². The van der Waals surface area contributed by atoms with Gasteiger partial charge in [0.15, 0.2) is 5.96 Å². The highest BCUT2D eigenvalue weighted by molar-refractivity contribution is 14.0. The van der Waals surface area contributed by atoms with Crippen LogP contribution in [0.25, 0.3) is 0 Å². The number of methoxy groups -OCH3 is 1. The van der Waals surface area contributed by atoms with Crippen LogP contribution in [0.15, 0.2) is 23.2 Å². The lowest BCUT2D eigenvalue weighted by atomic mass is 10.2. The third-order valence-corrected chi connectivity index (χ3v) is 3.79. The summed E-state index contributed by atoms with van der Waals surface area (Å²) in [4.78, 5) is 4.55. The van der Waals surface area contributed by atoms with Crippen molar-refractivity contribution < 1.29 is 9.47 Å². The number of ether oxygens (including phenoxy) is 2. The molecule has 1 aromatic rings. The number of benzene rings is 1. The van der Waals surface area contributed by atoms with Crippen LogP contribution >= 0.6 is 47.2 Å². The summed E-state index contributed by atoms with van der Waals surface area (Å²) in [7, 11) is 1.67. The zero-order valence-electron chi connectivity index (χ0n) is 14.8. The molecule has 0 aliphatic rings. The third kappa shape index (κ3) is 11.9. The van der Waals surface area contributed by atoms with E-state index in [1.165, 1.54) is 0 Å². The molecule has 0 unspecified atom stereocenters. The van der Waals surface area contributed by atoms with E-state index in [4.69, 9.17) is 32.7 Å². The van der Waals surface area contributed by atoms with E-state index in [-0.39, 0.29) is 24.0 Å². The average Bonchev–Trinajstić information content (AvgIpc) is 2.56. The van der Waals surface area contributed by atoms with Gasteiger partial charge >= 0.3 is 0 Å². The molecular weight excluding hydrogens is 476 g/mol. The van der Waals surface area contributed by atoms with Crippen LogP contribution in [0.2, 0.25) is 10.0 Å². The first-order valence-electron chi connectivity index (χ1n) is 8.20. The molecule has 8 heteroatoms. The highest BCUT2D eigenvalue weighted by Gasteiger charge is 2.02. The number of rotatable bonds is 11. The van der Waals surface area contributed by atoms with Crippen molar-refractivity contribution in [1.29, 1.82) is 0 Å². The van der Waals surface area contributed by atoms with E-state index in [2.05, 4.69) is 15.6 Å². The lowest BCUT2D eigenvalue weighted by Crippen LogP contribution is -2.37. The minimum Gasteiger partial charge on any atom is -0.382 e. The second kappa shape index (κ2) is 15.9. The van der Waals surface area contributed by atoms with Gasteiger partial charge in [0, 0.05) is 36.9 Å². The summed E-state index contributed by atoms with van der Waals surface area (Å²) in [5.74, 6) is 0.781. The van der Waals surface area contributed by atoms with Gasteiger partial charge in [-0.25, -0.2) is 4.99 Å². The summed E-state index contributed by atoms with van der Waals surface area (Å²) in [5, 5.41) is 7.80. The predicted molar refractivity (Wildman–Crippen MR) is 117 cm³/mol. The van der Waals surface area contributed by atoms with Crippen LogP contribution in [-0.2, 0) is 16.0 Å². The van der Waals surface area contributed by atoms with Gasteiger partial charge in [0.2, 0.25) is 0 Å². The zero-order valence-corrected chi connectivity index (χ0v) is 18.7. The Balaban J connectivity index is 0.00000576. The molecule has 144 valence electrons. The third-order valence-electron chi connectivity index (χ3n) is 3.21.